The maximum absolute atomic E-state index is 11.9. The molecule has 2 amide bonds. The molecule has 0 spiro atoms. The number of carbonyl (C=O) groups excluding carboxylic acids is 2. The van der Waals surface area contributed by atoms with Crippen molar-refractivity contribution in [2.24, 2.45) is 0 Å². The van der Waals surface area contributed by atoms with Crippen LogP contribution in [0.3, 0.4) is 0 Å². The van der Waals surface area contributed by atoms with Crippen molar-refractivity contribution in [1.82, 2.24) is 20.1 Å². The lowest BCUT2D eigenvalue weighted by molar-refractivity contribution is -0.113. The molecular formula is C12H15N5O2S3. The van der Waals surface area contributed by atoms with E-state index in [1.165, 1.54) is 39.3 Å². The molecule has 0 aromatic carbocycles. The highest BCUT2D eigenvalue weighted by Crippen LogP contribution is 2.25. The van der Waals surface area contributed by atoms with Crippen molar-refractivity contribution in [1.29, 1.82) is 0 Å². The molecule has 118 valence electrons. The van der Waals surface area contributed by atoms with Gasteiger partial charge in [-0.05, 0) is 13.8 Å². The lowest BCUT2D eigenvalue weighted by atomic mass is 10.3. The van der Waals surface area contributed by atoms with E-state index in [9.17, 15) is 9.59 Å². The Morgan fingerprint density at radius 1 is 1.23 bits per heavy atom. The van der Waals surface area contributed by atoms with Gasteiger partial charge in [-0.15, -0.1) is 10.2 Å². The molecule has 0 saturated heterocycles. The molecule has 10 heteroatoms. The fraction of sp³-hybridized carbons (Fsp3) is 0.417. The first-order valence-corrected chi connectivity index (χ1v) is 8.90. The molecule has 0 bridgehead atoms. The smallest absolute Gasteiger partial charge is 0.265 e. The fourth-order valence-electron chi connectivity index (χ4n) is 1.47. The van der Waals surface area contributed by atoms with E-state index in [0.29, 0.717) is 15.7 Å². The van der Waals surface area contributed by atoms with E-state index in [0.717, 1.165) is 9.35 Å². The van der Waals surface area contributed by atoms with E-state index in [4.69, 9.17) is 0 Å². The molecule has 2 heterocycles. The van der Waals surface area contributed by atoms with Crippen LogP contribution in [0.15, 0.2) is 4.34 Å². The summed E-state index contributed by atoms with van der Waals surface area (Å²) in [7, 11) is 3.36. The van der Waals surface area contributed by atoms with Gasteiger partial charge >= 0.3 is 0 Å². The number of aryl methyl sites for hydroxylation is 2. The maximum atomic E-state index is 11.9. The number of carbonyl (C=O) groups is 2. The van der Waals surface area contributed by atoms with Crippen molar-refractivity contribution in [3.63, 3.8) is 0 Å². The number of thiazole rings is 1. The van der Waals surface area contributed by atoms with Gasteiger partial charge in [0.15, 0.2) is 9.47 Å². The van der Waals surface area contributed by atoms with E-state index < -0.39 is 0 Å². The Labute approximate surface area is 140 Å². The van der Waals surface area contributed by atoms with Gasteiger partial charge < -0.3 is 10.2 Å². The summed E-state index contributed by atoms with van der Waals surface area (Å²) in [4.78, 5) is 30.1. The Kier molecular flexibility index (Phi) is 5.48. The lowest BCUT2D eigenvalue weighted by Gasteiger charge is -2.07. The van der Waals surface area contributed by atoms with E-state index in [1.807, 2.05) is 6.92 Å². The topological polar surface area (TPSA) is 88.1 Å². The highest BCUT2D eigenvalue weighted by atomic mass is 32.2. The molecule has 1 N–H and O–H groups in total. The van der Waals surface area contributed by atoms with E-state index in [2.05, 4.69) is 20.5 Å². The third kappa shape index (κ3) is 4.24. The number of nitrogens with zero attached hydrogens (tertiary/aromatic N) is 4. The van der Waals surface area contributed by atoms with Crippen LogP contribution in [0.1, 0.15) is 20.4 Å². The number of thioether (sulfide) groups is 1. The first-order chi connectivity index (χ1) is 10.4. The Morgan fingerprint density at radius 2 is 1.95 bits per heavy atom. The summed E-state index contributed by atoms with van der Waals surface area (Å²) in [6, 6.07) is 0. The average molecular weight is 357 g/mol. The van der Waals surface area contributed by atoms with Crippen molar-refractivity contribution in [2.45, 2.75) is 18.2 Å². The molecule has 2 rings (SSSR count). The van der Waals surface area contributed by atoms with Gasteiger partial charge in [0.25, 0.3) is 5.91 Å². The largest absolute Gasteiger partial charge is 0.344 e. The fourth-order valence-corrected chi connectivity index (χ4v) is 4.09. The van der Waals surface area contributed by atoms with Crippen molar-refractivity contribution < 1.29 is 9.59 Å². The minimum Gasteiger partial charge on any atom is -0.344 e. The molecule has 0 aliphatic rings. The van der Waals surface area contributed by atoms with Gasteiger partial charge in [0.2, 0.25) is 5.91 Å². The predicted molar refractivity (Wildman–Crippen MR) is 88.9 cm³/mol. The third-order valence-electron chi connectivity index (χ3n) is 2.48. The molecule has 0 aliphatic carbocycles. The molecular weight excluding hydrogens is 342 g/mol. The summed E-state index contributed by atoms with van der Waals surface area (Å²) >= 11 is 3.95. The Bertz CT molecular complexity index is 695. The van der Waals surface area contributed by atoms with Crippen LogP contribution in [-0.4, -0.2) is 51.7 Å². The standard InChI is InChI=1S/C12H15N5O2S3/c1-6-9(10(19)17(3)4)22-11(13-6)14-8(18)5-20-12-16-15-7(2)21-12/h5H2,1-4H3,(H,13,14,18). The summed E-state index contributed by atoms with van der Waals surface area (Å²) in [5.74, 6) is -0.0748. The number of nitrogens with one attached hydrogen (secondary N) is 1. The van der Waals surface area contributed by atoms with Gasteiger partial charge in [0.05, 0.1) is 11.4 Å². The zero-order valence-electron chi connectivity index (χ0n) is 12.5. The van der Waals surface area contributed by atoms with Crippen LogP contribution in [0.2, 0.25) is 0 Å². The Hall–Kier alpha value is -1.52. The summed E-state index contributed by atoms with van der Waals surface area (Å²) in [6.45, 7) is 3.62. The van der Waals surface area contributed by atoms with Crippen LogP contribution in [0, 0.1) is 13.8 Å². The van der Waals surface area contributed by atoms with Gasteiger partial charge in [-0.25, -0.2) is 4.98 Å². The van der Waals surface area contributed by atoms with Crippen LogP contribution >= 0.6 is 34.4 Å². The van der Waals surface area contributed by atoms with Gasteiger partial charge in [-0.1, -0.05) is 34.4 Å². The molecule has 0 aliphatic heterocycles. The van der Waals surface area contributed by atoms with Gasteiger partial charge in [-0.2, -0.15) is 0 Å². The third-order valence-corrected chi connectivity index (χ3v) is 5.51. The first-order valence-electron chi connectivity index (χ1n) is 6.28. The highest BCUT2D eigenvalue weighted by Gasteiger charge is 2.18. The lowest BCUT2D eigenvalue weighted by Crippen LogP contribution is -2.21. The molecule has 22 heavy (non-hydrogen) atoms. The molecule has 2 aromatic heterocycles. The molecule has 2 aromatic rings. The monoisotopic (exact) mass is 357 g/mol. The second kappa shape index (κ2) is 7.16. The van der Waals surface area contributed by atoms with Gasteiger partial charge in [-0.3, -0.25) is 9.59 Å². The zero-order valence-corrected chi connectivity index (χ0v) is 15.0. The zero-order chi connectivity index (χ0) is 16.3. The maximum Gasteiger partial charge on any atom is 0.265 e. The Morgan fingerprint density at radius 3 is 2.55 bits per heavy atom. The van der Waals surface area contributed by atoms with Gasteiger partial charge in [0, 0.05) is 14.1 Å². The number of amides is 2. The minimum atomic E-state index is -0.185. The predicted octanol–water partition coefficient (Wildman–Crippen LogP) is 2.04. The molecule has 7 nitrogen and oxygen atoms in total. The minimum absolute atomic E-state index is 0.116. The number of rotatable bonds is 5. The van der Waals surface area contributed by atoms with E-state index in [-0.39, 0.29) is 17.6 Å². The van der Waals surface area contributed by atoms with E-state index in [1.54, 1.807) is 21.0 Å². The van der Waals surface area contributed by atoms with Crippen LogP contribution < -0.4 is 5.32 Å². The summed E-state index contributed by atoms with van der Waals surface area (Å²) < 4.78 is 0.756. The molecule has 0 radical (unpaired) electrons. The summed E-state index contributed by atoms with van der Waals surface area (Å²) in [5.41, 5.74) is 0.617. The van der Waals surface area contributed by atoms with Crippen molar-refractivity contribution in [3.05, 3.63) is 15.6 Å². The van der Waals surface area contributed by atoms with Crippen LogP contribution in [0.5, 0.6) is 0 Å². The summed E-state index contributed by atoms with van der Waals surface area (Å²) in [5, 5.41) is 11.8. The highest BCUT2D eigenvalue weighted by molar-refractivity contribution is 8.01. The number of anilines is 1. The summed E-state index contributed by atoms with van der Waals surface area (Å²) in [6.07, 6.45) is 0. The van der Waals surface area contributed by atoms with Crippen molar-refractivity contribution >= 4 is 51.4 Å². The SMILES string of the molecule is Cc1nnc(SCC(=O)Nc2nc(C)c(C(=O)N(C)C)s2)s1. The second-order valence-electron chi connectivity index (χ2n) is 4.56. The first kappa shape index (κ1) is 16.8. The van der Waals surface area contributed by atoms with Crippen LogP contribution in [0.4, 0.5) is 5.13 Å². The number of hydrogen-bond donors (Lipinski definition) is 1. The normalized spacial score (nSPS) is 10.5. The second-order valence-corrected chi connectivity index (χ2v) is 7.96. The molecule has 0 atom stereocenters. The molecule has 0 saturated carbocycles. The number of aromatic nitrogens is 3. The quantitative estimate of drug-likeness (QED) is 0.824. The molecule has 0 unspecified atom stereocenters. The average Bonchev–Trinajstić information content (AvgIpc) is 3.01. The van der Waals surface area contributed by atoms with Crippen molar-refractivity contribution in [3.8, 4) is 0 Å². The van der Waals surface area contributed by atoms with E-state index >= 15 is 0 Å². The van der Waals surface area contributed by atoms with Gasteiger partial charge in [0.1, 0.15) is 9.88 Å². The number of hydrogen-bond acceptors (Lipinski definition) is 8. The Balaban J connectivity index is 1.94. The van der Waals surface area contributed by atoms with Crippen LogP contribution in [-0.2, 0) is 4.79 Å². The van der Waals surface area contributed by atoms with Crippen LogP contribution in [0.25, 0.3) is 0 Å². The van der Waals surface area contributed by atoms with Crippen molar-refractivity contribution in [2.75, 3.05) is 25.2 Å². The molecule has 0 fully saturated rings.